The quantitative estimate of drug-likeness (QED) is 0.748. The molecule has 1 fully saturated rings. The van der Waals surface area contributed by atoms with E-state index in [1.165, 1.54) is 15.6 Å². The van der Waals surface area contributed by atoms with Crippen LogP contribution in [0.1, 0.15) is 29.0 Å². The van der Waals surface area contributed by atoms with E-state index in [1.54, 1.807) is 12.1 Å². The van der Waals surface area contributed by atoms with Crippen molar-refractivity contribution in [3.05, 3.63) is 52.4 Å². The Balaban J connectivity index is 1.55. The first-order valence-electron chi connectivity index (χ1n) is 9.14. The first-order chi connectivity index (χ1) is 13.4. The van der Waals surface area contributed by atoms with Gasteiger partial charge in [-0.15, -0.1) is 11.3 Å². The molecule has 1 aliphatic heterocycles. The zero-order valence-electron chi connectivity index (χ0n) is 16.0. The van der Waals surface area contributed by atoms with Crippen molar-refractivity contribution in [3.63, 3.8) is 0 Å². The Morgan fingerprint density at radius 2 is 1.93 bits per heavy atom. The lowest BCUT2D eigenvalue weighted by Gasteiger charge is -2.25. The summed E-state index contributed by atoms with van der Waals surface area (Å²) >= 11 is 1.18. The summed E-state index contributed by atoms with van der Waals surface area (Å²) in [6.45, 7) is 5.78. The van der Waals surface area contributed by atoms with Crippen LogP contribution in [0.4, 0.5) is 4.79 Å². The maximum atomic E-state index is 12.7. The molecule has 2 N–H and O–H groups in total. The average Bonchev–Trinajstić information content (AvgIpc) is 3.17. The number of rotatable bonds is 6. The summed E-state index contributed by atoms with van der Waals surface area (Å²) < 4.78 is 32.3. The van der Waals surface area contributed by atoms with Crippen LogP contribution in [-0.2, 0) is 21.3 Å². The number of carbonyl (C=O) groups excluding carboxylic acids is 1. The molecule has 9 heteroatoms. The van der Waals surface area contributed by atoms with Crippen LogP contribution in [0.25, 0.3) is 0 Å². The molecular weight excluding hydrogens is 398 g/mol. The number of hydrogen-bond acceptors (Lipinski definition) is 5. The van der Waals surface area contributed by atoms with Crippen molar-refractivity contribution in [1.82, 2.24) is 14.9 Å². The van der Waals surface area contributed by atoms with Gasteiger partial charge < -0.3 is 15.4 Å². The highest BCUT2D eigenvalue weighted by atomic mass is 32.2. The number of thiophene rings is 1. The summed E-state index contributed by atoms with van der Waals surface area (Å²) in [6, 6.07) is 10.8. The van der Waals surface area contributed by atoms with Crippen LogP contribution in [-0.4, -0.2) is 45.1 Å². The average molecular weight is 424 g/mol. The first-order valence-corrected chi connectivity index (χ1v) is 11.4. The molecule has 1 atom stereocenters. The minimum Gasteiger partial charge on any atom is -0.379 e. The molecule has 2 aromatic rings. The van der Waals surface area contributed by atoms with Gasteiger partial charge in [-0.2, -0.15) is 4.31 Å². The number of nitrogens with zero attached hydrogens (tertiary/aromatic N) is 1. The summed E-state index contributed by atoms with van der Waals surface area (Å²) in [4.78, 5) is 13.0. The Labute approximate surface area is 169 Å². The highest BCUT2D eigenvalue weighted by Crippen LogP contribution is 2.25. The fourth-order valence-corrected chi connectivity index (χ4v) is 5.93. The van der Waals surface area contributed by atoms with Crippen molar-refractivity contribution >= 4 is 27.4 Å². The highest BCUT2D eigenvalue weighted by Gasteiger charge is 2.27. The third kappa shape index (κ3) is 4.91. The van der Waals surface area contributed by atoms with Gasteiger partial charge in [-0.3, -0.25) is 0 Å². The van der Waals surface area contributed by atoms with Crippen molar-refractivity contribution in [3.8, 4) is 0 Å². The predicted molar refractivity (Wildman–Crippen MR) is 109 cm³/mol. The van der Waals surface area contributed by atoms with Crippen LogP contribution in [0.15, 0.2) is 40.6 Å². The molecule has 1 aromatic heterocycles. The minimum absolute atomic E-state index is 0.123. The second-order valence-electron chi connectivity index (χ2n) is 6.64. The Kier molecular flexibility index (Phi) is 6.71. The summed E-state index contributed by atoms with van der Waals surface area (Å²) in [5, 5.41) is 5.71. The third-order valence-electron chi connectivity index (χ3n) is 4.63. The molecule has 152 valence electrons. The number of sulfonamides is 1. The number of urea groups is 1. The second kappa shape index (κ2) is 9.04. The number of ether oxygens (including phenoxy) is 1. The highest BCUT2D eigenvalue weighted by molar-refractivity contribution is 7.91. The number of amides is 2. The van der Waals surface area contributed by atoms with E-state index >= 15 is 0 Å². The molecule has 0 spiro atoms. The monoisotopic (exact) mass is 423 g/mol. The molecule has 7 nitrogen and oxygen atoms in total. The maximum absolute atomic E-state index is 12.7. The fourth-order valence-electron chi connectivity index (χ4n) is 3.07. The maximum Gasteiger partial charge on any atom is 0.315 e. The van der Waals surface area contributed by atoms with Crippen molar-refractivity contribution in [2.45, 2.75) is 30.6 Å². The lowest BCUT2D eigenvalue weighted by molar-refractivity contribution is 0.0731. The molecule has 0 bridgehead atoms. The van der Waals surface area contributed by atoms with Gasteiger partial charge in [0.2, 0.25) is 0 Å². The molecule has 0 unspecified atom stereocenters. The number of benzene rings is 1. The number of nitrogens with one attached hydrogen (secondary N) is 2. The van der Waals surface area contributed by atoms with Crippen LogP contribution in [0, 0.1) is 6.92 Å². The number of morpholine rings is 1. The Morgan fingerprint density at radius 1 is 1.21 bits per heavy atom. The molecule has 2 amide bonds. The molecule has 1 aliphatic rings. The zero-order chi connectivity index (χ0) is 20.1. The summed E-state index contributed by atoms with van der Waals surface area (Å²) in [5.74, 6) is 0. The molecule has 0 saturated carbocycles. The van der Waals surface area contributed by atoms with Gasteiger partial charge in [-0.05, 0) is 37.1 Å². The number of aryl methyl sites for hydroxylation is 1. The van der Waals surface area contributed by atoms with Gasteiger partial charge in [0.05, 0.1) is 25.8 Å². The van der Waals surface area contributed by atoms with E-state index in [9.17, 15) is 13.2 Å². The standard InChI is InChI=1S/C19H25N3O4S2/c1-14-5-3-4-6-17(14)15(2)21-19(23)20-13-16-7-8-18(27-16)28(24,25)22-9-11-26-12-10-22/h3-8,15H,9-13H2,1-2H3,(H2,20,21,23)/t15-/m0/s1. The van der Waals surface area contributed by atoms with Crippen LogP contribution in [0.5, 0.6) is 0 Å². The van der Waals surface area contributed by atoms with Gasteiger partial charge in [0.25, 0.3) is 10.0 Å². The first kappa shape index (κ1) is 20.8. The Morgan fingerprint density at radius 3 is 2.64 bits per heavy atom. The summed E-state index contributed by atoms with van der Waals surface area (Å²) in [5.41, 5.74) is 2.18. The van der Waals surface area contributed by atoms with E-state index in [0.717, 1.165) is 16.0 Å². The van der Waals surface area contributed by atoms with Crippen LogP contribution in [0.3, 0.4) is 0 Å². The normalized spacial score (nSPS) is 16.5. The van der Waals surface area contributed by atoms with E-state index in [0.29, 0.717) is 30.5 Å². The number of carbonyl (C=O) groups is 1. The van der Waals surface area contributed by atoms with Crippen LogP contribution in [0.2, 0.25) is 0 Å². The molecular formula is C19H25N3O4S2. The molecule has 1 saturated heterocycles. The van der Waals surface area contributed by atoms with E-state index in [-0.39, 0.29) is 18.6 Å². The Hall–Kier alpha value is -1.94. The number of hydrogen-bond donors (Lipinski definition) is 2. The van der Waals surface area contributed by atoms with Gasteiger partial charge >= 0.3 is 6.03 Å². The van der Waals surface area contributed by atoms with E-state index in [1.807, 2.05) is 38.1 Å². The van der Waals surface area contributed by atoms with E-state index in [2.05, 4.69) is 10.6 Å². The van der Waals surface area contributed by atoms with Gasteiger partial charge in [0, 0.05) is 18.0 Å². The third-order valence-corrected chi connectivity index (χ3v) is 8.08. The van der Waals surface area contributed by atoms with E-state index in [4.69, 9.17) is 4.74 Å². The lowest BCUT2D eigenvalue weighted by Crippen LogP contribution is -2.40. The topological polar surface area (TPSA) is 87.7 Å². The molecule has 1 aromatic carbocycles. The minimum atomic E-state index is -3.50. The largest absolute Gasteiger partial charge is 0.379 e. The SMILES string of the molecule is Cc1ccccc1[C@H](C)NC(=O)NCc1ccc(S(=O)(=O)N2CCOCC2)s1. The van der Waals surface area contributed by atoms with Crippen LogP contribution < -0.4 is 10.6 Å². The lowest BCUT2D eigenvalue weighted by atomic mass is 10.0. The van der Waals surface area contributed by atoms with Crippen molar-refractivity contribution in [2.75, 3.05) is 26.3 Å². The van der Waals surface area contributed by atoms with E-state index < -0.39 is 10.0 Å². The second-order valence-corrected chi connectivity index (χ2v) is 9.98. The smallest absolute Gasteiger partial charge is 0.315 e. The molecule has 0 aliphatic carbocycles. The fraction of sp³-hybridized carbons (Fsp3) is 0.421. The van der Waals surface area contributed by atoms with Crippen molar-refractivity contribution in [1.29, 1.82) is 0 Å². The van der Waals surface area contributed by atoms with Crippen molar-refractivity contribution < 1.29 is 17.9 Å². The summed E-state index contributed by atoms with van der Waals surface area (Å²) in [6.07, 6.45) is 0. The van der Waals surface area contributed by atoms with Gasteiger partial charge in [0.15, 0.2) is 0 Å². The molecule has 2 heterocycles. The Bertz CT molecular complexity index is 921. The van der Waals surface area contributed by atoms with Gasteiger partial charge in [0.1, 0.15) is 4.21 Å². The predicted octanol–water partition coefficient (Wildman–Crippen LogP) is 2.64. The van der Waals surface area contributed by atoms with Crippen molar-refractivity contribution in [2.24, 2.45) is 0 Å². The molecule has 0 radical (unpaired) electrons. The molecule has 3 rings (SSSR count). The summed E-state index contributed by atoms with van der Waals surface area (Å²) in [7, 11) is -3.50. The van der Waals surface area contributed by atoms with Gasteiger partial charge in [-0.1, -0.05) is 24.3 Å². The zero-order valence-corrected chi connectivity index (χ0v) is 17.6. The van der Waals surface area contributed by atoms with Gasteiger partial charge in [-0.25, -0.2) is 13.2 Å². The van der Waals surface area contributed by atoms with Crippen LogP contribution >= 0.6 is 11.3 Å². The molecule has 28 heavy (non-hydrogen) atoms.